The summed E-state index contributed by atoms with van der Waals surface area (Å²) in [5.74, 6) is -0.818. The predicted octanol–water partition coefficient (Wildman–Crippen LogP) is 1.63. The van der Waals surface area contributed by atoms with Crippen molar-refractivity contribution in [3.63, 3.8) is 0 Å². The number of benzene rings is 1. The Morgan fingerprint density at radius 2 is 2.06 bits per heavy atom. The molecule has 3 nitrogen and oxygen atoms in total. The molecule has 0 aliphatic carbocycles. The van der Waals surface area contributed by atoms with Crippen LogP contribution in [0.2, 0.25) is 0 Å². The van der Waals surface area contributed by atoms with Crippen LogP contribution in [0.15, 0.2) is 30.3 Å². The average Bonchev–Trinajstić information content (AvgIpc) is 2.15. The monoisotopic (exact) mass is 219 g/mol. The smallest absolute Gasteiger partial charge is 0.309 e. The third-order valence-corrected chi connectivity index (χ3v) is 3.26. The number of carboxylic acid groups (broad SMARTS) is 1. The van der Waals surface area contributed by atoms with E-state index in [1.165, 1.54) is 5.56 Å². The highest BCUT2D eigenvalue weighted by atomic mass is 16.4. The fourth-order valence-electron chi connectivity index (χ4n) is 2.11. The van der Waals surface area contributed by atoms with Crippen LogP contribution in [0, 0.1) is 5.92 Å². The highest BCUT2D eigenvalue weighted by Gasteiger charge is 2.34. The lowest BCUT2D eigenvalue weighted by Crippen LogP contribution is -2.54. The van der Waals surface area contributed by atoms with Crippen molar-refractivity contribution >= 4 is 5.97 Å². The SMILES string of the molecule is CC(Cc1ccccc1)N1CC(C(=O)O)C1. The summed E-state index contributed by atoms with van der Waals surface area (Å²) in [5, 5.41) is 8.80. The molecule has 0 aromatic heterocycles. The summed E-state index contributed by atoms with van der Waals surface area (Å²) in [6.07, 6.45) is 0.993. The van der Waals surface area contributed by atoms with Crippen molar-refractivity contribution in [1.82, 2.24) is 4.90 Å². The molecule has 1 unspecified atom stereocenters. The van der Waals surface area contributed by atoms with Crippen molar-refractivity contribution in [3.05, 3.63) is 35.9 Å². The Hall–Kier alpha value is -1.35. The molecule has 1 N–H and O–H groups in total. The van der Waals surface area contributed by atoms with E-state index >= 15 is 0 Å². The maximum Gasteiger partial charge on any atom is 0.309 e. The maximum atomic E-state index is 10.7. The minimum absolute atomic E-state index is 0.154. The van der Waals surface area contributed by atoms with E-state index in [4.69, 9.17) is 5.11 Å². The Kier molecular flexibility index (Phi) is 3.25. The Bertz CT molecular complexity index is 357. The van der Waals surface area contributed by atoms with Gasteiger partial charge in [0.25, 0.3) is 0 Å². The molecule has 0 amide bonds. The molecule has 1 atom stereocenters. The van der Waals surface area contributed by atoms with Crippen LogP contribution < -0.4 is 0 Å². The number of hydrogen-bond acceptors (Lipinski definition) is 2. The second-order valence-corrected chi connectivity index (χ2v) is 4.53. The Balaban J connectivity index is 1.82. The van der Waals surface area contributed by atoms with E-state index < -0.39 is 5.97 Å². The summed E-state index contributed by atoms with van der Waals surface area (Å²) in [6, 6.07) is 10.8. The topological polar surface area (TPSA) is 40.5 Å². The first-order valence-electron chi connectivity index (χ1n) is 5.67. The highest BCUT2D eigenvalue weighted by Crippen LogP contribution is 2.20. The summed E-state index contributed by atoms with van der Waals surface area (Å²) in [6.45, 7) is 3.55. The van der Waals surface area contributed by atoms with E-state index in [1.54, 1.807) is 0 Å². The van der Waals surface area contributed by atoms with Crippen LogP contribution in [0.5, 0.6) is 0 Å². The van der Waals surface area contributed by atoms with Gasteiger partial charge in [0.2, 0.25) is 0 Å². The molecule has 3 heteroatoms. The van der Waals surface area contributed by atoms with Crippen LogP contribution >= 0.6 is 0 Å². The second-order valence-electron chi connectivity index (χ2n) is 4.53. The molecule has 86 valence electrons. The number of carboxylic acids is 1. The van der Waals surface area contributed by atoms with Crippen LogP contribution in [-0.2, 0) is 11.2 Å². The van der Waals surface area contributed by atoms with Crippen LogP contribution in [0.3, 0.4) is 0 Å². The molecular formula is C13H17NO2. The fraction of sp³-hybridized carbons (Fsp3) is 0.462. The molecule has 0 bridgehead atoms. The van der Waals surface area contributed by atoms with Crippen molar-refractivity contribution in [2.45, 2.75) is 19.4 Å². The molecule has 1 saturated heterocycles. The van der Waals surface area contributed by atoms with Gasteiger partial charge >= 0.3 is 5.97 Å². The van der Waals surface area contributed by atoms with Gasteiger partial charge in [-0.15, -0.1) is 0 Å². The molecule has 1 aliphatic heterocycles. The lowest BCUT2D eigenvalue weighted by Gasteiger charge is -2.41. The van der Waals surface area contributed by atoms with Gasteiger partial charge in [-0.1, -0.05) is 30.3 Å². The molecule has 0 saturated carbocycles. The molecule has 16 heavy (non-hydrogen) atoms. The van der Waals surface area contributed by atoms with Crippen LogP contribution in [0.25, 0.3) is 0 Å². The average molecular weight is 219 g/mol. The molecular weight excluding hydrogens is 202 g/mol. The molecule has 2 rings (SSSR count). The lowest BCUT2D eigenvalue weighted by atomic mass is 9.95. The van der Waals surface area contributed by atoms with Crippen molar-refractivity contribution in [2.24, 2.45) is 5.92 Å². The number of aliphatic carboxylic acids is 1. The minimum atomic E-state index is -0.664. The molecule has 1 aromatic rings. The van der Waals surface area contributed by atoms with E-state index in [-0.39, 0.29) is 5.92 Å². The third kappa shape index (κ3) is 2.42. The van der Waals surface area contributed by atoms with Gasteiger partial charge in [-0.25, -0.2) is 0 Å². The normalized spacial score (nSPS) is 19.1. The van der Waals surface area contributed by atoms with Crippen LogP contribution in [0.1, 0.15) is 12.5 Å². The number of rotatable bonds is 4. The Morgan fingerprint density at radius 3 is 2.62 bits per heavy atom. The lowest BCUT2D eigenvalue weighted by molar-refractivity contribution is -0.148. The first-order valence-corrected chi connectivity index (χ1v) is 5.67. The maximum absolute atomic E-state index is 10.7. The molecule has 1 fully saturated rings. The van der Waals surface area contributed by atoms with Gasteiger partial charge in [0.1, 0.15) is 0 Å². The van der Waals surface area contributed by atoms with Crippen molar-refractivity contribution in [3.8, 4) is 0 Å². The number of nitrogens with zero attached hydrogens (tertiary/aromatic N) is 1. The predicted molar refractivity (Wildman–Crippen MR) is 62.3 cm³/mol. The standard InChI is InChI=1S/C13H17NO2/c1-10(7-11-5-3-2-4-6-11)14-8-12(9-14)13(15)16/h2-6,10,12H,7-9H2,1H3,(H,15,16). The van der Waals surface area contributed by atoms with Gasteiger partial charge in [0.15, 0.2) is 0 Å². The van der Waals surface area contributed by atoms with Gasteiger partial charge < -0.3 is 5.11 Å². The number of hydrogen-bond donors (Lipinski definition) is 1. The molecule has 0 radical (unpaired) electrons. The summed E-state index contributed by atoms with van der Waals surface area (Å²) in [5.41, 5.74) is 1.31. The van der Waals surface area contributed by atoms with E-state index in [0.29, 0.717) is 19.1 Å². The number of carbonyl (C=O) groups is 1. The quantitative estimate of drug-likeness (QED) is 0.836. The largest absolute Gasteiger partial charge is 0.481 e. The fourth-order valence-corrected chi connectivity index (χ4v) is 2.11. The van der Waals surface area contributed by atoms with E-state index in [2.05, 4.69) is 24.0 Å². The molecule has 0 spiro atoms. The first kappa shape index (κ1) is 11.1. The first-order chi connectivity index (χ1) is 7.66. The summed E-state index contributed by atoms with van der Waals surface area (Å²) in [7, 11) is 0. The van der Waals surface area contributed by atoms with Gasteiger partial charge in [0.05, 0.1) is 5.92 Å². The van der Waals surface area contributed by atoms with E-state index in [9.17, 15) is 4.79 Å². The van der Waals surface area contributed by atoms with Crippen molar-refractivity contribution in [1.29, 1.82) is 0 Å². The highest BCUT2D eigenvalue weighted by molar-refractivity contribution is 5.71. The minimum Gasteiger partial charge on any atom is -0.481 e. The van der Waals surface area contributed by atoms with Crippen LogP contribution in [0.4, 0.5) is 0 Å². The van der Waals surface area contributed by atoms with E-state index in [1.807, 2.05) is 18.2 Å². The molecule has 1 aliphatic rings. The van der Waals surface area contributed by atoms with Crippen molar-refractivity contribution in [2.75, 3.05) is 13.1 Å². The van der Waals surface area contributed by atoms with E-state index in [0.717, 1.165) is 6.42 Å². The molecule has 1 heterocycles. The Labute approximate surface area is 95.7 Å². The zero-order valence-corrected chi connectivity index (χ0v) is 9.47. The van der Waals surface area contributed by atoms with Gasteiger partial charge in [-0.3, -0.25) is 9.69 Å². The molecule has 1 aromatic carbocycles. The van der Waals surface area contributed by atoms with Gasteiger partial charge in [-0.05, 0) is 18.9 Å². The Morgan fingerprint density at radius 1 is 1.44 bits per heavy atom. The van der Waals surface area contributed by atoms with Crippen molar-refractivity contribution < 1.29 is 9.90 Å². The van der Waals surface area contributed by atoms with Crippen LogP contribution in [-0.4, -0.2) is 35.1 Å². The zero-order valence-electron chi connectivity index (χ0n) is 9.47. The second kappa shape index (κ2) is 4.66. The third-order valence-electron chi connectivity index (χ3n) is 3.26. The summed E-state index contributed by atoms with van der Waals surface area (Å²) >= 11 is 0. The summed E-state index contributed by atoms with van der Waals surface area (Å²) < 4.78 is 0. The summed E-state index contributed by atoms with van der Waals surface area (Å²) in [4.78, 5) is 12.9. The zero-order chi connectivity index (χ0) is 11.5. The van der Waals surface area contributed by atoms with Gasteiger partial charge in [-0.2, -0.15) is 0 Å². The number of likely N-dealkylation sites (tertiary alicyclic amines) is 1. The van der Waals surface area contributed by atoms with Gasteiger partial charge in [0, 0.05) is 19.1 Å².